The summed E-state index contributed by atoms with van der Waals surface area (Å²) in [5.74, 6) is 0.417. The molecule has 0 N–H and O–H groups in total. The van der Waals surface area contributed by atoms with E-state index in [0.29, 0.717) is 5.92 Å². The molecule has 1 unspecified atom stereocenters. The van der Waals surface area contributed by atoms with Gasteiger partial charge in [-0.25, -0.2) is 0 Å². The Labute approximate surface area is 79.4 Å². The lowest BCUT2D eigenvalue weighted by Gasteiger charge is -2.21. The fourth-order valence-electron chi connectivity index (χ4n) is 2.25. The maximum Gasteiger partial charge on any atom is 0.168 e. The highest BCUT2D eigenvalue weighted by Crippen LogP contribution is 2.40. The average molecular weight is 186 g/mol. The highest BCUT2D eigenvalue weighted by molar-refractivity contribution is 4.85. The summed E-state index contributed by atoms with van der Waals surface area (Å²) in [6, 6.07) is 0. The third-order valence-electron chi connectivity index (χ3n) is 2.90. The van der Waals surface area contributed by atoms with Crippen LogP contribution in [0.5, 0.6) is 0 Å². The third-order valence-corrected chi connectivity index (χ3v) is 2.90. The van der Waals surface area contributed by atoms with Gasteiger partial charge in [0.15, 0.2) is 5.79 Å². The molecule has 0 bridgehead atoms. The maximum atomic E-state index is 5.63. The number of ether oxygens (including phenoxy) is 3. The minimum Gasteiger partial charge on any atom is -0.381 e. The smallest absolute Gasteiger partial charge is 0.168 e. The number of hydrogen-bond acceptors (Lipinski definition) is 3. The molecule has 1 saturated carbocycles. The Morgan fingerprint density at radius 2 is 2.15 bits per heavy atom. The van der Waals surface area contributed by atoms with Gasteiger partial charge in [-0.05, 0) is 19.3 Å². The first-order chi connectivity index (χ1) is 6.35. The standard InChI is InChI=1S/C10H18O3/c1-2-11-8-9-3-4-10(7-9)12-5-6-13-10/h9H,2-8H2,1H3. The van der Waals surface area contributed by atoms with Crippen molar-refractivity contribution < 1.29 is 14.2 Å². The van der Waals surface area contributed by atoms with E-state index < -0.39 is 0 Å². The van der Waals surface area contributed by atoms with E-state index >= 15 is 0 Å². The van der Waals surface area contributed by atoms with Crippen molar-refractivity contribution in [1.29, 1.82) is 0 Å². The van der Waals surface area contributed by atoms with E-state index in [4.69, 9.17) is 14.2 Å². The molecule has 0 amide bonds. The van der Waals surface area contributed by atoms with Crippen molar-refractivity contribution in [1.82, 2.24) is 0 Å². The summed E-state index contributed by atoms with van der Waals surface area (Å²) in [5, 5.41) is 0. The van der Waals surface area contributed by atoms with Crippen LogP contribution in [0.25, 0.3) is 0 Å². The highest BCUT2D eigenvalue weighted by atomic mass is 16.7. The molecule has 3 heteroatoms. The summed E-state index contributed by atoms with van der Waals surface area (Å²) in [6.07, 6.45) is 3.25. The zero-order valence-corrected chi connectivity index (χ0v) is 8.25. The Morgan fingerprint density at radius 1 is 1.38 bits per heavy atom. The van der Waals surface area contributed by atoms with E-state index in [-0.39, 0.29) is 5.79 Å². The molecule has 2 fully saturated rings. The molecule has 0 radical (unpaired) electrons. The molecule has 3 nitrogen and oxygen atoms in total. The van der Waals surface area contributed by atoms with Gasteiger partial charge in [0.2, 0.25) is 0 Å². The molecular weight excluding hydrogens is 168 g/mol. The van der Waals surface area contributed by atoms with Crippen LogP contribution in [-0.4, -0.2) is 32.2 Å². The fraction of sp³-hybridized carbons (Fsp3) is 1.00. The van der Waals surface area contributed by atoms with E-state index in [1.54, 1.807) is 0 Å². The quantitative estimate of drug-likeness (QED) is 0.669. The average Bonchev–Trinajstić information content (AvgIpc) is 2.74. The van der Waals surface area contributed by atoms with Crippen LogP contribution in [0, 0.1) is 5.92 Å². The van der Waals surface area contributed by atoms with Gasteiger partial charge in [0.25, 0.3) is 0 Å². The monoisotopic (exact) mass is 186 g/mol. The van der Waals surface area contributed by atoms with E-state index in [1.165, 1.54) is 6.42 Å². The molecule has 0 aromatic heterocycles. The Bertz CT molecular complexity index is 164. The second kappa shape index (κ2) is 3.95. The molecule has 0 aromatic carbocycles. The van der Waals surface area contributed by atoms with E-state index in [2.05, 4.69) is 0 Å². The molecule has 2 aliphatic rings. The van der Waals surface area contributed by atoms with Crippen LogP contribution >= 0.6 is 0 Å². The first-order valence-electron chi connectivity index (χ1n) is 5.20. The van der Waals surface area contributed by atoms with E-state index in [0.717, 1.165) is 39.3 Å². The largest absolute Gasteiger partial charge is 0.381 e. The van der Waals surface area contributed by atoms with Crippen molar-refractivity contribution >= 4 is 0 Å². The first-order valence-corrected chi connectivity index (χ1v) is 5.20. The van der Waals surface area contributed by atoms with Crippen molar-refractivity contribution in [2.75, 3.05) is 26.4 Å². The molecular formula is C10H18O3. The zero-order chi connectivity index (χ0) is 9.15. The van der Waals surface area contributed by atoms with E-state index in [9.17, 15) is 0 Å². The van der Waals surface area contributed by atoms with Crippen LogP contribution in [0.4, 0.5) is 0 Å². The van der Waals surface area contributed by atoms with Gasteiger partial charge in [0.1, 0.15) is 0 Å². The molecule has 1 heterocycles. The molecule has 1 spiro atoms. The van der Waals surface area contributed by atoms with Crippen LogP contribution in [0.15, 0.2) is 0 Å². The minimum absolute atomic E-state index is 0.220. The number of rotatable bonds is 3. The molecule has 2 rings (SSSR count). The van der Waals surface area contributed by atoms with Crippen molar-refractivity contribution in [2.24, 2.45) is 5.92 Å². The highest BCUT2D eigenvalue weighted by Gasteiger charge is 2.43. The molecule has 1 aliphatic heterocycles. The topological polar surface area (TPSA) is 27.7 Å². The van der Waals surface area contributed by atoms with Crippen molar-refractivity contribution in [2.45, 2.75) is 32.0 Å². The minimum atomic E-state index is -0.220. The lowest BCUT2D eigenvalue weighted by molar-refractivity contribution is -0.153. The Balaban J connectivity index is 1.79. The lowest BCUT2D eigenvalue weighted by atomic mass is 10.1. The van der Waals surface area contributed by atoms with Gasteiger partial charge < -0.3 is 14.2 Å². The zero-order valence-electron chi connectivity index (χ0n) is 8.25. The Kier molecular flexibility index (Phi) is 2.86. The van der Waals surface area contributed by atoms with Gasteiger partial charge in [-0.2, -0.15) is 0 Å². The van der Waals surface area contributed by atoms with Gasteiger partial charge in [-0.1, -0.05) is 0 Å². The first kappa shape index (κ1) is 9.44. The predicted molar refractivity (Wildman–Crippen MR) is 48.5 cm³/mol. The fourth-order valence-corrected chi connectivity index (χ4v) is 2.25. The van der Waals surface area contributed by atoms with Crippen LogP contribution in [-0.2, 0) is 14.2 Å². The SMILES string of the molecule is CCOCC1CCC2(C1)OCCO2. The summed E-state index contributed by atoms with van der Waals surface area (Å²) < 4.78 is 16.7. The summed E-state index contributed by atoms with van der Waals surface area (Å²) >= 11 is 0. The predicted octanol–water partition coefficient (Wildman–Crippen LogP) is 1.57. The van der Waals surface area contributed by atoms with Gasteiger partial charge in [0.05, 0.1) is 13.2 Å². The second-order valence-corrected chi connectivity index (χ2v) is 3.88. The Hall–Kier alpha value is -0.120. The third kappa shape index (κ3) is 2.03. The maximum absolute atomic E-state index is 5.63. The summed E-state index contributed by atoms with van der Waals surface area (Å²) in [6.45, 7) is 5.24. The van der Waals surface area contributed by atoms with Crippen LogP contribution < -0.4 is 0 Å². The van der Waals surface area contributed by atoms with Gasteiger partial charge in [0, 0.05) is 26.1 Å². The lowest BCUT2D eigenvalue weighted by Crippen LogP contribution is -2.26. The molecule has 1 saturated heterocycles. The molecule has 0 aromatic rings. The molecule has 1 atom stereocenters. The van der Waals surface area contributed by atoms with Gasteiger partial charge >= 0.3 is 0 Å². The van der Waals surface area contributed by atoms with Crippen molar-refractivity contribution in [3.63, 3.8) is 0 Å². The van der Waals surface area contributed by atoms with E-state index in [1.807, 2.05) is 6.92 Å². The van der Waals surface area contributed by atoms with Crippen LogP contribution in [0.1, 0.15) is 26.2 Å². The number of hydrogen-bond donors (Lipinski definition) is 0. The summed E-state index contributed by atoms with van der Waals surface area (Å²) in [7, 11) is 0. The normalized spacial score (nSPS) is 31.6. The summed E-state index contributed by atoms with van der Waals surface area (Å²) in [5.41, 5.74) is 0. The summed E-state index contributed by atoms with van der Waals surface area (Å²) in [4.78, 5) is 0. The second-order valence-electron chi connectivity index (χ2n) is 3.88. The van der Waals surface area contributed by atoms with Gasteiger partial charge in [-0.15, -0.1) is 0 Å². The van der Waals surface area contributed by atoms with Gasteiger partial charge in [-0.3, -0.25) is 0 Å². The molecule has 1 aliphatic carbocycles. The molecule has 76 valence electrons. The van der Waals surface area contributed by atoms with Crippen LogP contribution in [0.3, 0.4) is 0 Å². The van der Waals surface area contributed by atoms with Crippen molar-refractivity contribution in [3.8, 4) is 0 Å². The van der Waals surface area contributed by atoms with Crippen molar-refractivity contribution in [3.05, 3.63) is 0 Å². The van der Waals surface area contributed by atoms with Crippen LogP contribution in [0.2, 0.25) is 0 Å². The Morgan fingerprint density at radius 3 is 2.85 bits per heavy atom. The molecule has 13 heavy (non-hydrogen) atoms.